The van der Waals surface area contributed by atoms with Crippen molar-refractivity contribution < 1.29 is 54.1 Å². The van der Waals surface area contributed by atoms with Crippen molar-refractivity contribution in [2.24, 2.45) is 0 Å². The van der Waals surface area contributed by atoms with Crippen LogP contribution in [-0.4, -0.2) is 49.0 Å². The van der Waals surface area contributed by atoms with Gasteiger partial charge in [0.2, 0.25) is 0 Å². The molecule has 1 aliphatic rings. The van der Waals surface area contributed by atoms with Gasteiger partial charge in [0, 0.05) is 12.0 Å². The zero-order valence-electron chi connectivity index (χ0n) is 23.3. The first-order valence-electron chi connectivity index (χ1n) is 13.7. The zero-order valence-corrected chi connectivity index (χ0v) is 23.3. The van der Waals surface area contributed by atoms with Crippen LogP contribution >= 0.6 is 0 Å². The van der Waals surface area contributed by atoms with Crippen molar-refractivity contribution >= 4 is 0 Å². The largest absolute Gasteiger partial charge is 0.491 e. The number of piperidine rings is 1. The van der Waals surface area contributed by atoms with Crippen molar-refractivity contribution in [2.45, 2.75) is 49.5 Å². The van der Waals surface area contributed by atoms with Crippen LogP contribution in [0.2, 0.25) is 0 Å². The van der Waals surface area contributed by atoms with E-state index in [-0.39, 0.29) is 37.1 Å². The predicted molar refractivity (Wildman–Crippen MR) is 143 cm³/mol. The van der Waals surface area contributed by atoms with Crippen molar-refractivity contribution in [3.63, 3.8) is 0 Å². The summed E-state index contributed by atoms with van der Waals surface area (Å²) in [5.41, 5.74) is -3.54. The predicted octanol–water partition coefficient (Wildman–Crippen LogP) is 7.73. The number of β-amino-alcohol motifs (C(OH)–C–C–N with tert-alkyl or cyclic N) is 1. The SMILES string of the molecule is OC(COc1ccc(C(F)(F)F)cc1)CN1CCC(COCc2cc(C(F)(F)F)cc(C(F)(F)F)c2)(c2ccccc2)CC1. The topological polar surface area (TPSA) is 41.9 Å². The van der Waals surface area contributed by atoms with E-state index >= 15 is 0 Å². The molecule has 0 spiro atoms. The standard InChI is InChI=1S/C31H30F9NO3/c32-29(33,34)23-6-8-27(9-7-23)44-19-26(42)17-41-12-10-28(11-13-41,22-4-2-1-3-5-22)20-43-18-21-14-24(30(35,36)37)16-25(15-21)31(38,39)40/h1-9,14-16,26,42H,10-13,17-20H2. The maximum absolute atomic E-state index is 13.3. The quantitative estimate of drug-likeness (QED) is 0.232. The number of halogens is 9. The summed E-state index contributed by atoms with van der Waals surface area (Å²) in [6.07, 6.45) is -14.3. The second kappa shape index (κ2) is 13.4. The van der Waals surface area contributed by atoms with Gasteiger partial charge in [-0.05, 0) is 79.5 Å². The molecule has 1 aliphatic heterocycles. The third-order valence-electron chi connectivity index (χ3n) is 7.59. The van der Waals surface area contributed by atoms with E-state index in [1.807, 2.05) is 35.2 Å². The molecule has 0 amide bonds. The molecule has 0 aromatic heterocycles. The van der Waals surface area contributed by atoms with Crippen LogP contribution in [-0.2, 0) is 35.3 Å². The normalized spacial score (nSPS) is 17.0. The molecule has 3 aromatic carbocycles. The molecule has 1 heterocycles. The van der Waals surface area contributed by atoms with Crippen molar-refractivity contribution in [1.29, 1.82) is 0 Å². The van der Waals surface area contributed by atoms with Crippen LogP contribution in [0, 0.1) is 0 Å². The van der Waals surface area contributed by atoms with Crippen LogP contribution in [0.4, 0.5) is 39.5 Å². The summed E-state index contributed by atoms with van der Waals surface area (Å²) in [4.78, 5) is 1.98. The van der Waals surface area contributed by atoms with Gasteiger partial charge in [-0.2, -0.15) is 39.5 Å². The van der Waals surface area contributed by atoms with Crippen LogP contribution in [0.25, 0.3) is 0 Å². The lowest BCUT2D eigenvalue weighted by Crippen LogP contribution is -2.47. The number of likely N-dealkylation sites (tertiary alicyclic amines) is 1. The van der Waals surface area contributed by atoms with Crippen LogP contribution in [0.5, 0.6) is 5.75 Å². The van der Waals surface area contributed by atoms with Gasteiger partial charge in [0.25, 0.3) is 0 Å². The van der Waals surface area contributed by atoms with Gasteiger partial charge in [0.05, 0.1) is 29.9 Å². The average Bonchev–Trinajstić information content (AvgIpc) is 2.96. The fraction of sp³-hybridized carbons (Fsp3) is 0.419. The molecule has 240 valence electrons. The van der Waals surface area contributed by atoms with E-state index in [2.05, 4.69) is 0 Å². The highest BCUT2D eigenvalue weighted by Gasteiger charge is 2.39. The Hall–Kier alpha value is -3.29. The van der Waals surface area contributed by atoms with Crippen molar-refractivity contribution in [2.75, 3.05) is 32.8 Å². The molecule has 44 heavy (non-hydrogen) atoms. The van der Waals surface area contributed by atoms with Gasteiger partial charge in [-0.25, -0.2) is 0 Å². The Morgan fingerprint density at radius 1 is 0.727 bits per heavy atom. The molecule has 1 atom stereocenters. The molecule has 1 saturated heterocycles. The Labute approximate surface area is 248 Å². The summed E-state index contributed by atoms with van der Waals surface area (Å²) < 4.78 is 129. The lowest BCUT2D eigenvalue weighted by Gasteiger charge is -2.42. The van der Waals surface area contributed by atoms with E-state index in [4.69, 9.17) is 9.47 Å². The molecular formula is C31H30F9NO3. The molecule has 4 rings (SSSR count). The van der Waals surface area contributed by atoms with Gasteiger partial charge in [0.15, 0.2) is 0 Å². The molecule has 0 bridgehead atoms. The van der Waals surface area contributed by atoms with E-state index in [1.54, 1.807) is 0 Å². The van der Waals surface area contributed by atoms with Gasteiger partial charge in [0.1, 0.15) is 18.5 Å². The highest BCUT2D eigenvalue weighted by molar-refractivity contribution is 5.34. The number of aliphatic hydroxyl groups excluding tert-OH is 1. The minimum absolute atomic E-state index is 0.0437. The fourth-order valence-electron chi connectivity index (χ4n) is 5.22. The van der Waals surface area contributed by atoms with Gasteiger partial charge in [-0.15, -0.1) is 0 Å². The van der Waals surface area contributed by atoms with Crippen LogP contribution < -0.4 is 4.74 Å². The third kappa shape index (κ3) is 8.89. The highest BCUT2D eigenvalue weighted by atomic mass is 19.4. The van der Waals surface area contributed by atoms with Crippen molar-refractivity contribution in [1.82, 2.24) is 4.90 Å². The summed E-state index contributed by atoms with van der Waals surface area (Å²) >= 11 is 0. The van der Waals surface area contributed by atoms with Gasteiger partial charge < -0.3 is 19.5 Å². The first-order chi connectivity index (χ1) is 20.5. The summed E-state index contributed by atoms with van der Waals surface area (Å²) in [7, 11) is 0. The number of hydrogen-bond acceptors (Lipinski definition) is 4. The van der Waals surface area contributed by atoms with E-state index in [0.717, 1.165) is 17.7 Å². The second-order valence-electron chi connectivity index (χ2n) is 10.8. The van der Waals surface area contributed by atoms with E-state index < -0.39 is 53.3 Å². The number of aliphatic hydroxyl groups is 1. The summed E-state index contributed by atoms with van der Waals surface area (Å²) in [6, 6.07) is 14.8. The minimum Gasteiger partial charge on any atom is -0.491 e. The monoisotopic (exact) mass is 635 g/mol. The minimum atomic E-state index is -4.96. The number of ether oxygens (including phenoxy) is 2. The summed E-state index contributed by atoms with van der Waals surface area (Å²) in [6.45, 7) is 0.657. The van der Waals surface area contributed by atoms with Gasteiger partial charge in [-0.3, -0.25) is 0 Å². The van der Waals surface area contributed by atoms with Gasteiger partial charge in [-0.1, -0.05) is 30.3 Å². The van der Waals surface area contributed by atoms with Crippen LogP contribution in [0.1, 0.15) is 40.7 Å². The zero-order chi connectivity index (χ0) is 32.2. The maximum Gasteiger partial charge on any atom is 0.416 e. The number of nitrogens with zero attached hydrogens (tertiary/aromatic N) is 1. The van der Waals surface area contributed by atoms with E-state index in [1.165, 1.54) is 12.1 Å². The molecule has 0 radical (unpaired) electrons. The smallest absolute Gasteiger partial charge is 0.416 e. The number of rotatable bonds is 10. The molecule has 0 aliphatic carbocycles. The first-order valence-corrected chi connectivity index (χ1v) is 13.7. The summed E-state index contributed by atoms with van der Waals surface area (Å²) in [5, 5.41) is 10.5. The van der Waals surface area contributed by atoms with Crippen molar-refractivity contribution in [3.8, 4) is 5.75 Å². The molecule has 4 nitrogen and oxygen atoms in total. The van der Waals surface area contributed by atoms with Crippen molar-refractivity contribution in [3.05, 3.63) is 101 Å². The Balaban J connectivity index is 1.36. The lowest BCUT2D eigenvalue weighted by atomic mass is 9.73. The second-order valence-corrected chi connectivity index (χ2v) is 10.8. The molecule has 1 unspecified atom stereocenters. The third-order valence-corrected chi connectivity index (χ3v) is 7.59. The molecule has 13 heteroatoms. The van der Waals surface area contributed by atoms with Gasteiger partial charge >= 0.3 is 18.5 Å². The first kappa shape index (κ1) is 33.6. The Kier molecular flexibility index (Phi) is 10.2. The molecule has 3 aromatic rings. The van der Waals surface area contributed by atoms with Crippen LogP contribution in [0.3, 0.4) is 0 Å². The molecule has 1 fully saturated rings. The number of alkyl halides is 9. The van der Waals surface area contributed by atoms with Crippen LogP contribution in [0.15, 0.2) is 72.8 Å². The highest BCUT2D eigenvalue weighted by Crippen LogP contribution is 2.38. The van der Waals surface area contributed by atoms with E-state index in [9.17, 15) is 44.6 Å². The average molecular weight is 636 g/mol. The van der Waals surface area contributed by atoms with E-state index in [0.29, 0.717) is 38.1 Å². The number of benzene rings is 3. The lowest BCUT2D eigenvalue weighted by molar-refractivity contribution is -0.143. The fourth-order valence-corrected chi connectivity index (χ4v) is 5.22. The molecular weight excluding hydrogens is 605 g/mol. The number of hydrogen-bond donors (Lipinski definition) is 1. The molecule has 1 N–H and O–H groups in total. The Bertz CT molecular complexity index is 1320. The Morgan fingerprint density at radius 3 is 1.80 bits per heavy atom. The Morgan fingerprint density at radius 2 is 1.27 bits per heavy atom. The summed E-state index contributed by atoms with van der Waals surface area (Å²) in [5.74, 6) is 0.180. The maximum atomic E-state index is 13.3. The molecule has 0 saturated carbocycles.